The van der Waals surface area contributed by atoms with Crippen molar-refractivity contribution in [1.82, 2.24) is 9.80 Å². The topological polar surface area (TPSA) is 68.3 Å². The number of rotatable bonds is 10. The summed E-state index contributed by atoms with van der Waals surface area (Å²) >= 11 is 0. The number of ether oxygens (including phenoxy) is 3. The molecule has 192 valence electrons. The van der Waals surface area contributed by atoms with Gasteiger partial charge in [0.2, 0.25) is 0 Å². The monoisotopic (exact) mass is 484 g/mol. The molecule has 35 heavy (non-hydrogen) atoms. The summed E-state index contributed by atoms with van der Waals surface area (Å²) < 4.78 is 17.6. The molecule has 0 saturated heterocycles. The third-order valence-electron chi connectivity index (χ3n) is 7.78. The van der Waals surface area contributed by atoms with Gasteiger partial charge < -0.3 is 24.0 Å². The summed E-state index contributed by atoms with van der Waals surface area (Å²) in [6, 6.07) is 5.25. The van der Waals surface area contributed by atoms with E-state index in [0.717, 1.165) is 50.9 Å². The Morgan fingerprint density at radius 2 is 1.89 bits per heavy atom. The van der Waals surface area contributed by atoms with Crippen molar-refractivity contribution in [3.05, 3.63) is 35.1 Å². The average Bonchev–Trinajstić information content (AvgIpc) is 3.14. The van der Waals surface area contributed by atoms with Crippen LogP contribution in [0.1, 0.15) is 65.0 Å². The molecule has 4 atom stereocenters. The van der Waals surface area contributed by atoms with Crippen LogP contribution in [0.25, 0.3) is 0 Å². The van der Waals surface area contributed by atoms with E-state index in [9.17, 15) is 9.59 Å². The van der Waals surface area contributed by atoms with E-state index >= 15 is 0 Å². The molecule has 1 amide bonds. The van der Waals surface area contributed by atoms with E-state index in [4.69, 9.17) is 14.2 Å². The lowest BCUT2D eigenvalue weighted by Crippen LogP contribution is -2.41. The van der Waals surface area contributed by atoms with Gasteiger partial charge in [0.05, 0.1) is 31.2 Å². The molecule has 1 fully saturated rings. The summed E-state index contributed by atoms with van der Waals surface area (Å²) in [6.07, 6.45) is 3.31. The number of ketones is 1. The Morgan fingerprint density at radius 3 is 2.57 bits per heavy atom. The van der Waals surface area contributed by atoms with Crippen molar-refractivity contribution < 1.29 is 23.8 Å². The minimum Gasteiger partial charge on any atom is -0.493 e. The van der Waals surface area contributed by atoms with Crippen molar-refractivity contribution >= 4 is 11.7 Å². The first-order chi connectivity index (χ1) is 16.9. The molecule has 3 aliphatic rings. The summed E-state index contributed by atoms with van der Waals surface area (Å²) in [5.74, 6) is 1.75. The van der Waals surface area contributed by atoms with Crippen molar-refractivity contribution in [2.45, 2.75) is 65.5 Å². The Morgan fingerprint density at radius 1 is 1.11 bits per heavy atom. The highest BCUT2D eigenvalue weighted by Crippen LogP contribution is 2.48. The number of nitrogens with zero attached hydrogens (tertiary/aromatic N) is 2. The van der Waals surface area contributed by atoms with Crippen molar-refractivity contribution in [2.24, 2.45) is 11.8 Å². The van der Waals surface area contributed by atoms with E-state index in [2.05, 4.69) is 25.7 Å². The molecule has 4 unspecified atom stereocenters. The third kappa shape index (κ3) is 4.92. The van der Waals surface area contributed by atoms with Crippen LogP contribution >= 0.6 is 0 Å². The fourth-order valence-electron chi connectivity index (χ4n) is 5.84. The normalized spacial score (nSPS) is 26.1. The SMILES string of the molecule is CCOc1ccc(C2C3=C(OC4CCC(C)CC4C3=O)C(=O)N2CCCN(CC)CC)cc1OC. The average molecular weight is 485 g/mol. The quantitative estimate of drug-likeness (QED) is 0.491. The molecule has 7 heteroatoms. The Bertz CT molecular complexity index is 970. The predicted octanol–water partition coefficient (Wildman–Crippen LogP) is 4.37. The molecule has 1 aliphatic carbocycles. The fourth-order valence-corrected chi connectivity index (χ4v) is 5.84. The summed E-state index contributed by atoms with van der Waals surface area (Å²) in [5, 5.41) is 0. The lowest BCUT2D eigenvalue weighted by molar-refractivity contribution is -0.136. The van der Waals surface area contributed by atoms with Gasteiger partial charge in [-0.1, -0.05) is 26.8 Å². The Balaban J connectivity index is 1.70. The number of carbonyl (C=O) groups excluding carboxylic acids is 2. The van der Waals surface area contributed by atoms with Crippen LogP contribution in [0.5, 0.6) is 11.5 Å². The van der Waals surface area contributed by atoms with Gasteiger partial charge in [-0.3, -0.25) is 9.59 Å². The Kier molecular flexibility index (Phi) is 8.05. The second-order valence-corrected chi connectivity index (χ2v) is 9.91. The van der Waals surface area contributed by atoms with Crippen LogP contribution in [-0.2, 0) is 14.3 Å². The second kappa shape index (κ2) is 11.0. The van der Waals surface area contributed by atoms with Crippen LogP contribution in [0, 0.1) is 11.8 Å². The summed E-state index contributed by atoms with van der Waals surface area (Å²) in [7, 11) is 1.61. The molecule has 2 heterocycles. The smallest absolute Gasteiger partial charge is 0.290 e. The van der Waals surface area contributed by atoms with Crippen molar-refractivity contribution in [3.63, 3.8) is 0 Å². The van der Waals surface area contributed by atoms with Gasteiger partial charge in [-0.2, -0.15) is 0 Å². The molecular weight excluding hydrogens is 444 g/mol. The number of methoxy groups -OCH3 is 1. The zero-order valence-electron chi connectivity index (χ0n) is 21.8. The standard InChI is InChI=1S/C28H40N2O5/c1-6-29(7-2)14-9-15-30-25(19-11-13-22(34-8-3)23(17-19)33-5)24-26(31)20-16-18(4)10-12-21(20)35-27(24)28(30)32/h11,13,17-18,20-21,25H,6-10,12,14-16H2,1-5H3. The molecule has 7 nitrogen and oxygen atoms in total. The van der Waals surface area contributed by atoms with Gasteiger partial charge in [-0.25, -0.2) is 0 Å². The molecule has 2 aliphatic heterocycles. The number of fused-ring (bicyclic) bond motifs is 1. The van der Waals surface area contributed by atoms with E-state index in [1.807, 2.05) is 30.0 Å². The molecule has 0 N–H and O–H groups in total. The second-order valence-electron chi connectivity index (χ2n) is 9.91. The zero-order chi connectivity index (χ0) is 25.1. The number of hydrogen-bond donors (Lipinski definition) is 0. The maximum Gasteiger partial charge on any atom is 0.290 e. The van der Waals surface area contributed by atoms with Crippen molar-refractivity contribution in [1.29, 1.82) is 0 Å². The minimum absolute atomic E-state index is 0.0836. The predicted molar refractivity (Wildman–Crippen MR) is 134 cm³/mol. The molecular formula is C28H40N2O5. The lowest BCUT2D eigenvalue weighted by atomic mass is 9.74. The van der Waals surface area contributed by atoms with Gasteiger partial charge in [-0.05, 0) is 75.9 Å². The molecule has 1 aromatic rings. The lowest BCUT2D eigenvalue weighted by Gasteiger charge is -2.37. The molecule has 0 spiro atoms. The third-order valence-corrected chi connectivity index (χ3v) is 7.78. The van der Waals surface area contributed by atoms with E-state index < -0.39 is 6.04 Å². The number of amides is 1. The van der Waals surface area contributed by atoms with E-state index in [-0.39, 0.29) is 29.5 Å². The van der Waals surface area contributed by atoms with Crippen LogP contribution in [0.3, 0.4) is 0 Å². The first-order valence-corrected chi connectivity index (χ1v) is 13.2. The van der Waals surface area contributed by atoms with Gasteiger partial charge >= 0.3 is 0 Å². The van der Waals surface area contributed by atoms with Crippen LogP contribution in [0.4, 0.5) is 0 Å². The van der Waals surface area contributed by atoms with Crippen molar-refractivity contribution in [2.75, 3.05) is 39.9 Å². The highest BCUT2D eigenvalue weighted by Gasteiger charge is 2.52. The van der Waals surface area contributed by atoms with Crippen LogP contribution in [-0.4, -0.2) is 67.5 Å². The van der Waals surface area contributed by atoms with Gasteiger partial charge in [0.15, 0.2) is 23.0 Å². The molecule has 0 radical (unpaired) electrons. The fraction of sp³-hybridized carbons (Fsp3) is 0.643. The summed E-state index contributed by atoms with van der Waals surface area (Å²) in [6.45, 7) is 12.4. The van der Waals surface area contributed by atoms with Crippen LogP contribution in [0.15, 0.2) is 29.5 Å². The minimum atomic E-state index is -0.468. The maximum absolute atomic E-state index is 13.9. The zero-order valence-corrected chi connectivity index (χ0v) is 21.8. The first kappa shape index (κ1) is 25.5. The van der Waals surface area contributed by atoms with E-state index in [1.165, 1.54) is 0 Å². The summed E-state index contributed by atoms with van der Waals surface area (Å²) in [4.78, 5) is 31.7. The van der Waals surface area contributed by atoms with E-state index in [0.29, 0.717) is 36.1 Å². The van der Waals surface area contributed by atoms with Crippen molar-refractivity contribution in [3.8, 4) is 11.5 Å². The number of benzene rings is 1. The number of carbonyl (C=O) groups is 2. The van der Waals surface area contributed by atoms with E-state index in [1.54, 1.807) is 7.11 Å². The molecule has 0 bridgehead atoms. The molecule has 1 saturated carbocycles. The number of hydrogen-bond acceptors (Lipinski definition) is 6. The van der Waals surface area contributed by atoms with Gasteiger partial charge in [0.25, 0.3) is 5.91 Å². The van der Waals surface area contributed by atoms with Crippen LogP contribution < -0.4 is 9.47 Å². The highest BCUT2D eigenvalue weighted by molar-refractivity contribution is 6.11. The molecule has 1 aromatic carbocycles. The Labute approximate surface area is 209 Å². The highest BCUT2D eigenvalue weighted by atomic mass is 16.5. The summed E-state index contributed by atoms with van der Waals surface area (Å²) in [5.41, 5.74) is 1.38. The van der Waals surface area contributed by atoms with Gasteiger partial charge in [-0.15, -0.1) is 0 Å². The largest absolute Gasteiger partial charge is 0.493 e. The molecule has 0 aromatic heterocycles. The van der Waals surface area contributed by atoms with Gasteiger partial charge in [0, 0.05) is 6.54 Å². The van der Waals surface area contributed by atoms with Gasteiger partial charge in [0.1, 0.15) is 6.10 Å². The Hall–Kier alpha value is -2.54. The molecule has 4 rings (SSSR count). The van der Waals surface area contributed by atoms with Crippen LogP contribution in [0.2, 0.25) is 0 Å². The number of Topliss-reactive ketones (excluding diaryl/α,β-unsaturated/α-hetero) is 1. The first-order valence-electron chi connectivity index (χ1n) is 13.2. The maximum atomic E-state index is 13.9.